The predicted octanol–water partition coefficient (Wildman–Crippen LogP) is 1.57. The highest BCUT2D eigenvalue weighted by molar-refractivity contribution is 5.88. The molecule has 1 amide bonds. The number of amides is 1. The fraction of sp³-hybridized carbons (Fsp3) is 0.500. The summed E-state index contributed by atoms with van der Waals surface area (Å²) in [5.41, 5.74) is 6.09. The van der Waals surface area contributed by atoms with E-state index in [-0.39, 0.29) is 11.4 Å². The van der Waals surface area contributed by atoms with Gasteiger partial charge in [0.1, 0.15) is 0 Å². The van der Waals surface area contributed by atoms with Crippen molar-refractivity contribution in [1.29, 1.82) is 0 Å². The fourth-order valence-electron chi connectivity index (χ4n) is 1.91. The maximum absolute atomic E-state index is 12.3. The molecule has 1 saturated carbocycles. The molecule has 1 aromatic carbocycles. The summed E-state index contributed by atoms with van der Waals surface area (Å²) in [7, 11) is 0. The monoisotopic (exact) mass is 232 g/mol. The largest absolute Gasteiger partial charge is 0.349 e. The topological polar surface area (TPSA) is 55.1 Å². The summed E-state index contributed by atoms with van der Waals surface area (Å²) >= 11 is 0. The molecule has 3 heteroatoms. The highest BCUT2D eigenvalue weighted by Gasteiger charge is 2.45. The van der Waals surface area contributed by atoms with Crippen LogP contribution in [0.25, 0.3) is 0 Å². The Hall–Kier alpha value is -1.35. The van der Waals surface area contributed by atoms with Gasteiger partial charge in [0.05, 0.1) is 11.0 Å². The standard InChI is InChI=1S/C14H20N2O/c1-13(2,11-6-4-3-5-7-11)12(17)16-14(10-15)8-9-14/h3-7H,8-10,15H2,1-2H3,(H,16,17). The number of nitrogens with two attached hydrogens (primary N) is 1. The molecule has 0 saturated heterocycles. The van der Waals surface area contributed by atoms with Gasteiger partial charge in [-0.15, -0.1) is 0 Å². The van der Waals surface area contributed by atoms with Crippen molar-refractivity contribution in [2.24, 2.45) is 5.73 Å². The third-order valence-electron chi connectivity index (χ3n) is 3.69. The lowest BCUT2D eigenvalue weighted by molar-refractivity contribution is -0.126. The van der Waals surface area contributed by atoms with Crippen molar-refractivity contribution in [2.75, 3.05) is 6.54 Å². The maximum Gasteiger partial charge on any atom is 0.230 e. The van der Waals surface area contributed by atoms with Crippen LogP contribution in [0.5, 0.6) is 0 Å². The highest BCUT2D eigenvalue weighted by Crippen LogP contribution is 2.35. The van der Waals surface area contributed by atoms with Crippen molar-refractivity contribution in [3.05, 3.63) is 35.9 Å². The Kier molecular flexibility index (Phi) is 2.96. The van der Waals surface area contributed by atoms with Crippen LogP contribution in [-0.2, 0) is 10.2 Å². The van der Waals surface area contributed by atoms with Crippen LogP contribution in [0.4, 0.5) is 0 Å². The molecule has 0 spiro atoms. The summed E-state index contributed by atoms with van der Waals surface area (Å²) in [4.78, 5) is 12.3. The van der Waals surface area contributed by atoms with Crippen LogP contribution < -0.4 is 11.1 Å². The second-order valence-corrected chi connectivity index (χ2v) is 5.43. The third kappa shape index (κ3) is 2.34. The SMILES string of the molecule is CC(C)(C(=O)NC1(CN)CC1)c1ccccc1. The van der Waals surface area contributed by atoms with Crippen molar-refractivity contribution < 1.29 is 4.79 Å². The number of carbonyl (C=O) groups is 1. The Bertz CT molecular complexity index is 407. The van der Waals surface area contributed by atoms with Gasteiger partial charge in [0, 0.05) is 6.54 Å². The van der Waals surface area contributed by atoms with Crippen LogP contribution in [-0.4, -0.2) is 18.0 Å². The molecule has 0 atom stereocenters. The molecule has 2 rings (SSSR count). The fourth-order valence-corrected chi connectivity index (χ4v) is 1.91. The van der Waals surface area contributed by atoms with Crippen molar-refractivity contribution in [1.82, 2.24) is 5.32 Å². The van der Waals surface area contributed by atoms with E-state index in [9.17, 15) is 4.79 Å². The first-order valence-electron chi connectivity index (χ1n) is 6.08. The van der Waals surface area contributed by atoms with Gasteiger partial charge in [-0.3, -0.25) is 4.79 Å². The molecule has 1 aliphatic carbocycles. The molecular weight excluding hydrogens is 212 g/mol. The molecule has 0 heterocycles. The van der Waals surface area contributed by atoms with E-state index in [1.165, 1.54) is 0 Å². The van der Waals surface area contributed by atoms with Gasteiger partial charge in [-0.2, -0.15) is 0 Å². The van der Waals surface area contributed by atoms with Gasteiger partial charge in [0.25, 0.3) is 0 Å². The second-order valence-electron chi connectivity index (χ2n) is 5.43. The van der Waals surface area contributed by atoms with Crippen LogP contribution in [0.15, 0.2) is 30.3 Å². The first-order valence-corrected chi connectivity index (χ1v) is 6.08. The van der Waals surface area contributed by atoms with Crippen LogP contribution in [0.2, 0.25) is 0 Å². The Labute approximate surface area is 102 Å². The smallest absolute Gasteiger partial charge is 0.230 e. The van der Waals surface area contributed by atoms with E-state index in [0.29, 0.717) is 6.54 Å². The summed E-state index contributed by atoms with van der Waals surface area (Å²) in [6, 6.07) is 9.85. The van der Waals surface area contributed by atoms with Crippen LogP contribution in [0.1, 0.15) is 32.3 Å². The van der Waals surface area contributed by atoms with Gasteiger partial charge in [0.2, 0.25) is 5.91 Å². The van der Waals surface area contributed by atoms with Crippen molar-refractivity contribution in [3.8, 4) is 0 Å². The molecule has 92 valence electrons. The van der Waals surface area contributed by atoms with Crippen molar-refractivity contribution in [3.63, 3.8) is 0 Å². The Morgan fingerprint density at radius 2 is 1.94 bits per heavy atom. The minimum Gasteiger partial charge on any atom is -0.349 e. The number of benzene rings is 1. The van der Waals surface area contributed by atoms with Crippen molar-refractivity contribution in [2.45, 2.75) is 37.6 Å². The van der Waals surface area contributed by atoms with Gasteiger partial charge in [0.15, 0.2) is 0 Å². The zero-order valence-corrected chi connectivity index (χ0v) is 10.5. The van der Waals surface area contributed by atoms with E-state index in [0.717, 1.165) is 18.4 Å². The van der Waals surface area contributed by atoms with Crippen LogP contribution in [0.3, 0.4) is 0 Å². The summed E-state index contributed by atoms with van der Waals surface area (Å²) in [5, 5.41) is 3.09. The van der Waals surface area contributed by atoms with Gasteiger partial charge in [-0.05, 0) is 32.3 Å². The molecule has 1 fully saturated rings. The first kappa shape index (κ1) is 12.1. The number of nitrogens with one attached hydrogen (secondary N) is 1. The lowest BCUT2D eigenvalue weighted by atomic mass is 9.83. The summed E-state index contributed by atoms with van der Waals surface area (Å²) < 4.78 is 0. The minimum absolute atomic E-state index is 0.0617. The molecule has 1 aliphatic rings. The molecule has 0 aromatic heterocycles. The van der Waals surface area contributed by atoms with E-state index >= 15 is 0 Å². The third-order valence-corrected chi connectivity index (χ3v) is 3.69. The molecule has 0 unspecified atom stereocenters. The summed E-state index contributed by atoms with van der Waals surface area (Å²) in [6.45, 7) is 4.43. The van der Waals surface area contributed by atoms with Gasteiger partial charge in [-0.25, -0.2) is 0 Å². The number of hydrogen-bond acceptors (Lipinski definition) is 2. The van der Waals surface area contributed by atoms with Crippen LogP contribution in [0, 0.1) is 0 Å². The first-order chi connectivity index (χ1) is 8.00. The lowest BCUT2D eigenvalue weighted by Gasteiger charge is -2.27. The normalized spacial score (nSPS) is 17.6. The Morgan fingerprint density at radius 1 is 1.35 bits per heavy atom. The number of hydrogen-bond donors (Lipinski definition) is 2. The zero-order valence-electron chi connectivity index (χ0n) is 10.5. The zero-order chi connectivity index (χ0) is 12.5. The highest BCUT2D eigenvalue weighted by atomic mass is 16.2. The Morgan fingerprint density at radius 3 is 2.41 bits per heavy atom. The lowest BCUT2D eigenvalue weighted by Crippen LogP contribution is -2.49. The Balaban J connectivity index is 2.13. The summed E-state index contributed by atoms with van der Waals surface area (Å²) in [6.07, 6.45) is 2.00. The molecule has 3 N–H and O–H groups in total. The van der Waals surface area contributed by atoms with Gasteiger partial charge < -0.3 is 11.1 Å². The summed E-state index contributed by atoms with van der Waals surface area (Å²) in [5.74, 6) is 0.0617. The van der Waals surface area contributed by atoms with E-state index in [2.05, 4.69) is 5.32 Å². The average Bonchev–Trinajstić information content (AvgIpc) is 3.10. The van der Waals surface area contributed by atoms with Crippen LogP contribution >= 0.6 is 0 Å². The van der Waals surface area contributed by atoms with Gasteiger partial charge >= 0.3 is 0 Å². The van der Waals surface area contributed by atoms with Gasteiger partial charge in [-0.1, -0.05) is 30.3 Å². The minimum atomic E-state index is -0.508. The molecule has 0 aliphatic heterocycles. The number of carbonyl (C=O) groups excluding carboxylic acids is 1. The van der Waals surface area contributed by atoms with E-state index in [1.54, 1.807) is 0 Å². The van der Waals surface area contributed by atoms with E-state index in [4.69, 9.17) is 5.73 Å². The molecule has 0 bridgehead atoms. The molecule has 1 aromatic rings. The molecule has 0 radical (unpaired) electrons. The number of rotatable bonds is 4. The predicted molar refractivity (Wildman–Crippen MR) is 68.6 cm³/mol. The average molecular weight is 232 g/mol. The molecular formula is C14H20N2O. The molecule has 3 nitrogen and oxygen atoms in total. The quantitative estimate of drug-likeness (QED) is 0.828. The maximum atomic E-state index is 12.3. The molecule has 17 heavy (non-hydrogen) atoms. The van der Waals surface area contributed by atoms with Crippen molar-refractivity contribution >= 4 is 5.91 Å². The van der Waals surface area contributed by atoms with E-state index in [1.807, 2.05) is 44.2 Å². The second kappa shape index (κ2) is 4.15. The van der Waals surface area contributed by atoms with E-state index < -0.39 is 5.41 Å².